The van der Waals surface area contributed by atoms with E-state index in [1.807, 2.05) is 29.5 Å². The molecule has 0 N–H and O–H groups in total. The van der Waals surface area contributed by atoms with Crippen LogP contribution in [0.25, 0.3) is 0 Å². The first kappa shape index (κ1) is 9.67. The van der Waals surface area contributed by atoms with E-state index < -0.39 is 0 Å². The fraction of sp³-hybridized carbons (Fsp3) is 0.400. The molecule has 52 valence electrons. The smallest absolute Gasteiger partial charge is 0.344 e. The molecule has 0 rings (SSSR count). The SMILES string of the molecule is COC(=O)C(I)=C(C)I. The Balaban J connectivity index is 4.21. The van der Waals surface area contributed by atoms with Gasteiger partial charge < -0.3 is 4.74 Å². The largest absolute Gasteiger partial charge is 0.465 e. The Bertz CT molecular complexity index is 147. The zero-order chi connectivity index (χ0) is 7.44. The first-order valence-corrected chi connectivity index (χ1v) is 4.35. The molecule has 0 aromatic heterocycles. The van der Waals surface area contributed by atoms with Gasteiger partial charge in [0.1, 0.15) is 3.58 Å². The Morgan fingerprint density at radius 2 is 1.89 bits per heavy atom. The molecule has 0 atom stereocenters. The van der Waals surface area contributed by atoms with Crippen LogP contribution >= 0.6 is 45.2 Å². The van der Waals surface area contributed by atoms with E-state index >= 15 is 0 Å². The van der Waals surface area contributed by atoms with E-state index in [1.54, 1.807) is 0 Å². The topological polar surface area (TPSA) is 26.3 Å². The van der Waals surface area contributed by atoms with Gasteiger partial charge in [-0.2, -0.15) is 0 Å². The normalized spacial score (nSPS) is 12.4. The van der Waals surface area contributed by atoms with Crippen molar-refractivity contribution in [1.82, 2.24) is 0 Å². The molecule has 4 heteroatoms. The van der Waals surface area contributed by atoms with Crippen LogP contribution in [0.4, 0.5) is 0 Å². The average molecular weight is 352 g/mol. The van der Waals surface area contributed by atoms with Gasteiger partial charge in [-0.15, -0.1) is 0 Å². The number of hydrogen-bond donors (Lipinski definition) is 0. The molecule has 9 heavy (non-hydrogen) atoms. The van der Waals surface area contributed by atoms with Crippen molar-refractivity contribution in [1.29, 1.82) is 0 Å². The summed E-state index contributed by atoms with van der Waals surface area (Å²) in [6.07, 6.45) is 0. The first-order chi connectivity index (χ1) is 4.09. The summed E-state index contributed by atoms with van der Waals surface area (Å²) in [7, 11) is 1.38. The fourth-order valence-corrected chi connectivity index (χ4v) is 0.671. The number of allylic oxidation sites excluding steroid dienone is 1. The van der Waals surface area contributed by atoms with Gasteiger partial charge in [0.05, 0.1) is 7.11 Å². The highest BCUT2D eigenvalue weighted by molar-refractivity contribution is 14.1. The van der Waals surface area contributed by atoms with Crippen LogP contribution in [0.5, 0.6) is 0 Å². The van der Waals surface area contributed by atoms with Gasteiger partial charge >= 0.3 is 5.97 Å². The van der Waals surface area contributed by atoms with Crippen molar-refractivity contribution in [2.75, 3.05) is 7.11 Å². The molecule has 0 bridgehead atoms. The van der Waals surface area contributed by atoms with E-state index in [0.29, 0.717) is 3.58 Å². The number of hydrogen-bond acceptors (Lipinski definition) is 2. The quantitative estimate of drug-likeness (QED) is 0.411. The molecule has 0 aliphatic carbocycles. The van der Waals surface area contributed by atoms with Crippen molar-refractivity contribution < 1.29 is 9.53 Å². The molecular formula is C5H6I2O2. The summed E-state index contributed by atoms with van der Waals surface area (Å²) in [5.74, 6) is -0.262. The molecule has 0 radical (unpaired) electrons. The highest BCUT2D eigenvalue weighted by Gasteiger charge is 2.06. The Morgan fingerprint density at radius 3 is 2.00 bits per heavy atom. The summed E-state index contributed by atoms with van der Waals surface area (Å²) >= 11 is 4.03. The van der Waals surface area contributed by atoms with Crippen molar-refractivity contribution in [2.45, 2.75) is 6.92 Å². The Morgan fingerprint density at radius 1 is 1.44 bits per heavy atom. The molecule has 0 fully saturated rings. The lowest BCUT2D eigenvalue weighted by Crippen LogP contribution is -1.99. The van der Waals surface area contributed by atoms with Gasteiger partial charge in [0.2, 0.25) is 0 Å². The van der Waals surface area contributed by atoms with Gasteiger partial charge in [0, 0.05) is 3.58 Å². The van der Waals surface area contributed by atoms with Crippen LogP contribution in [0.3, 0.4) is 0 Å². The van der Waals surface area contributed by atoms with Crippen LogP contribution in [0.1, 0.15) is 6.92 Å². The molecule has 0 saturated carbocycles. The molecule has 0 spiro atoms. The number of halogens is 2. The predicted octanol–water partition coefficient (Wildman–Crippen LogP) is 2.26. The third-order valence-corrected chi connectivity index (χ3v) is 3.49. The minimum atomic E-state index is -0.262. The second-order valence-electron chi connectivity index (χ2n) is 1.34. The molecule has 0 aliphatic heterocycles. The van der Waals surface area contributed by atoms with Gasteiger partial charge in [0.15, 0.2) is 0 Å². The highest BCUT2D eigenvalue weighted by atomic mass is 127. The van der Waals surface area contributed by atoms with Gasteiger partial charge in [-0.3, -0.25) is 0 Å². The van der Waals surface area contributed by atoms with Crippen molar-refractivity contribution in [3.8, 4) is 0 Å². The maximum Gasteiger partial charge on any atom is 0.344 e. The molecule has 0 saturated heterocycles. The van der Waals surface area contributed by atoms with E-state index in [0.717, 1.165) is 3.58 Å². The van der Waals surface area contributed by atoms with Crippen LogP contribution < -0.4 is 0 Å². The zero-order valence-electron chi connectivity index (χ0n) is 5.07. The maximum atomic E-state index is 10.7. The van der Waals surface area contributed by atoms with E-state index in [-0.39, 0.29) is 5.97 Å². The third-order valence-electron chi connectivity index (χ3n) is 0.667. The Kier molecular flexibility index (Phi) is 4.81. The van der Waals surface area contributed by atoms with Crippen LogP contribution in [-0.2, 0) is 9.53 Å². The Hall–Kier alpha value is 0.670. The number of carbonyl (C=O) groups is 1. The minimum Gasteiger partial charge on any atom is -0.465 e. The minimum absolute atomic E-state index is 0.262. The summed E-state index contributed by atoms with van der Waals surface area (Å²) in [5.41, 5.74) is 0. The van der Waals surface area contributed by atoms with Gasteiger partial charge in [0.25, 0.3) is 0 Å². The van der Waals surface area contributed by atoms with E-state index in [2.05, 4.69) is 27.3 Å². The lowest BCUT2D eigenvalue weighted by atomic mass is 10.5. The second-order valence-corrected chi connectivity index (χ2v) is 4.04. The summed E-state index contributed by atoms with van der Waals surface area (Å²) in [6, 6.07) is 0. The zero-order valence-corrected chi connectivity index (χ0v) is 9.39. The van der Waals surface area contributed by atoms with E-state index in [1.165, 1.54) is 7.11 Å². The van der Waals surface area contributed by atoms with Crippen LogP contribution in [0.15, 0.2) is 7.16 Å². The van der Waals surface area contributed by atoms with Crippen LogP contribution in [0, 0.1) is 0 Å². The fourth-order valence-electron chi connectivity index (χ4n) is 0.230. The number of ether oxygens (including phenoxy) is 1. The molecule has 2 nitrogen and oxygen atoms in total. The standard InChI is InChI=1S/C5H6I2O2/c1-3(6)4(7)5(8)9-2/h1-2H3. The molecule has 0 aromatic carbocycles. The lowest BCUT2D eigenvalue weighted by Gasteiger charge is -1.95. The number of methoxy groups -OCH3 is 1. The Labute approximate surface area is 81.3 Å². The van der Waals surface area contributed by atoms with Crippen LogP contribution in [-0.4, -0.2) is 13.1 Å². The summed E-state index contributed by atoms with van der Waals surface area (Å²) in [4.78, 5) is 10.7. The van der Waals surface area contributed by atoms with Crippen molar-refractivity contribution in [3.05, 3.63) is 7.16 Å². The van der Waals surface area contributed by atoms with E-state index in [4.69, 9.17) is 0 Å². The number of carbonyl (C=O) groups excluding carboxylic acids is 1. The van der Waals surface area contributed by atoms with E-state index in [9.17, 15) is 4.79 Å². The maximum absolute atomic E-state index is 10.7. The van der Waals surface area contributed by atoms with Crippen molar-refractivity contribution >= 4 is 51.2 Å². The third kappa shape index (κ3) is 3.39. The molecule has 0 heterocycles. The number of esters is 1. The second kappa shape index (κ2) is 4.48. The highest BCUT2D eigenvalue weighted by Crippen LogP contribution is 2.18. The molecule has 0 unspecified atom stereocenters. The summed E-state index contributed by atoms with van der Waals surface area (Å²) in [6.45, 7) is 1.86. The lowest BCUT2D eigenvalue weighted by molar-refractivity contribution is -0.135. The molecule has 0 amide bonds. The van der Waals surface area contributed by atoms with Crippen molar-refractivity contribution in [2.24, 2.45) is 0 Å². The molecular weight excluding hydrogens is 346 g/mol. The predicted molar refractivity (Wildman–Crippen MR) is 52.8 cm³/mol. The van der Waals surface area contributed by atoms with Crippen LogP contribution in [0.2, 0.25) is 0 Å². The van der Waals surface area contributed by atoms with Gasteiger partial charge in [-0.1, -0.05) is 0 Å². The molecule has 0 aromatic rings. The monoisotopic (exact) mass is 352 g/mol. The number of rotatable bonds is 1. The van der Waals surface area contributed by atoms with Gasteiger partial charge in [-0.25, -0.2) is 4.79 Å². The van der Waals surface area contributed by atoms with Crippen molar-refractivity contribution in [3.63, 3.8) is 0 Å². The first-order valence-electron chi connectivity index (χ1n) is 2.19. The molecule has 0 aliphatic rings. The van der Waals surface area contributed by atoms with Gasteiger partial charge in [-0.05, 0) is 52.1 Å². The summed E-state index contributed by atoms with van der Waals surface area (Å²) in [5, 5.41) is 0. The average Bonchev–Trinajstić information content (AvgIpc) is 1.84. The summed E-state index contributed by atoms with van der Waals surface area (Å²) < 4.78 is 6.07.